The molecule has 3 aliphatic rings. The zero-order valence-electron chi connectivity index (χ0n) is 15.3. The van der Waals surface area contributed by atoms with Gasteiger partial charge >= 0.3 is 0 Å². The van der Waals surface area contributed by atoms with Crippen LogP contribution in [0.2, 0.25) is 0 Å². The van der Waals surface area contributed by atoms with Gasteiger partial charge in [0, 0.05) is 17.4 Å². The second-order valence-corrected chi connectivity index (χ2v) is 8.61. The van der Waals surface area contributed by atoms with Crippen molar-refractivity contribution in [1.82, 2.24) is 0 Å². The van der Waals surface area contributed by atoms with Gasteiger partial charge in [-0.1, -0.05) is 31.0 Å². The fraction of sp³-hybridized carbons (Fsp3) is 0.905. The zero-order valence-corrected chi connectivity index (χ0v) is 16.1. The summed E-state index contributed by atoms with van der Waals surface area (Å²) in [5.74, 6) is 3.89. The van der Waals surface area contributed by atoms with Gasteiger partial charge < -0.3 is 9.47 Å². The lowest BCUT2D eigenvalue weighted by Gasteiger charge is -2.40. The van der Waals surface area contributed by atoms with Crippen LogP contribution in [0.4, 0.5) is 0 Å². The lowest BCUT2D eigenvalue weighted by atomic mass is 9.69. The van der Waals surface area contributed by atoms with Gasteiger partial charge in [0.15, 0.2) is 6.29 Å². The van der Waals surface area contributed by atoms with Crippen molar-refractivity contribution in [2.45, 2.75) is 77.4 Å². The van der Waals surface area contributed by atoms with Gasteiger partial charge in [0.2, 0.25) is 0 Å². The van der Waals surface area contributed by atoms with Crippen LogP contribution in [-0.2, 0) is 9.47 Å². The molecule has 0 amide bonds. The van der Waals surface area contributed by atoms with Crippen LogP contribution >= 0.6 is 11.6 Å². The first-order valence-corrected chi connectivity index (χ1v) is 10.7. The molecule has 0 aromatic carbocycles. The van der Waals surface area contributed by atoms with E-state index in [4.69, 9.17) is 21.1 Å². The van der Waals surface area contributed by atoms with E-state index in [-0.39, 0.29) is 6.29 Å². The first-order valence-electron chi connectivity index (χ1n) is 10.3. The Labute approximate surface area is 153 Å². The maximum Gasteiger partial charge on any atom is 0.160 e. The number of hydrogen-bond donors (Lipinski definition) is 0. The van der Waals surface area contributed by atoms with Crippen molar-refractivity contribution < 1.29 is 9.47 Å². The Morgan fingerprint density at radius 1 is 0.833 bits per heavy atom. The van der Waals surface area contributed by atoms with E-state index in [9.17, 15) is 0 Å². The van der Waals surface area contributed by atoms with Crippen molar-refractivity contribution in [3.8, 4) is 0 Å². The molecule has 0 unspecified atom stereocenters. The molecule has 2 aliphatic carbocycles. The van der Waals surface area contributed by atoms with Gasteiger partial charge in [-0.2, -0.15) is 0 Å². The van der Waals surface area contributed by atoms with Gasteiger partial charge in [0.25, 0.3) is 0 Å². The highest BCUT2D eigenvalue weighted by molar-refractivity contribution is 6.25. The fourth-order valence-electron chi connectivity index (χ4n) is 5.21. The molecule has 138 valence electrons. The molecule has 0 aromatic rings. The molecule has 24 heavy (non-hydrogen) atoms. The lowest BCUT2D eigenvalue weighted by molar-refractivity contribution is -0.230. The molecular weight excluding hydrogens is 320 g/mol. The summed E-state index contributed by atoms with van der Waals surface area (Å²) in [5, 5.41) is 0. The molecule has 0 radical (unpaired) electrons. The topological polar surface area (TPSA) is 18.5 Å². The summed E-state index contributed by atoms with van der Waals surface area (Å²) < 4.78 is 12.1. The standard InChI is InChI=1S/C21H35ClO2/c1-2-3-17-14-23-21(24-15-17)20-10-8-19(9-11-20)18-6-4-16(5-7-18)12-13-22/h12-13,16-21H,2-11,14-15H2,1H3. The van der Waals surface area contributed by atoms with Crippen LogP contribution in [0.5, 0.6) is 0 Å². The summed E-state index contributed by atoms with van der Waals surface area (Å²) >= 11 is 5.73. The summed E-state index contributed by atoms with van der Waals surface area (Å²) in [6.45, 7) is 4.07. The zero-order chi connectivity index (χ0) is 16.8. The Balaban J connectivity index is 1.37. The molecule has 0 atom stereocenters. The monoisotopic (exact) mass is 354 g/mol. The van der Waals surface area contributed by atoms with E-state index in [1.54, 1.807) is 5.54 Å². The number of rotatable bonds is 5. The molecule has 3 heteroatoms. The van der Waals surface area contributed by atoms with E-state index < -0.39 is 0 Å². The molecule has 1 saturated heterocycles. The van der Waals surface area contributed by atoms with E-state index in [1.807, 2.05) is 0 Å². The van der Waals surface area contributed by atoms with Crippen LogP contribution in [-0.4, -0.2) is 19.5 Å². The number of hydrogen-bond acceptors (Lipinski definition) is 2. The molecule has 1 aliphatic heterocycles. The molecule has 1 heterocycles. The van der Waals surface area contributed by atoms with E-state index in [1.165, 1.54) is 64.2 Å². The Morgan fingerprint density at radius 2 is 1.38 bits per heavy atom. The molecular formula is C21H35ClO2. The lowest BCUT2D eigenvalue weighted by Crippen LogP contribution is -2.39. The average Bonchev–Trinajstić information content (AvgIpc) is 2.64. The minimum absolute atomic E-state index is 0.0867. The SMILES string of the molecule is CCCC1COC(C2CCC(C3CCC(C=CCl)CC3)CC2)OC1. The normalized spacial score (nSPS) is 41.6. The highest BCUT2D eigenvalue weighted by atomic mass is 35.5. The highest BCUT2D eigenvalue weighted by Crippen LogP contribution is 2.43. The van der Waals surface area contributed by atoms with Gasteiger partial charge in [-0.25, -0.2) is 0 Å². The van der Waals surface area contributed by atoms with Crippen molar-refractivity contribution >= 4 is 11.6 Å². The van der Waals surface area contributed by atoms with Gasteiger partial charge in [0.05, 0.1) is 13.2 Å². The maximum absolute atomic E-state index is 6.06. The van der Waals surface area contributed by atoms with E-state index in [2.05, 4.69) is 13.0 Å². The van der Waals surface area contributed by atoms with Gasteiger partial charge in [-0.05, 0) is 75.5 Å². The van der Waals surface area contributed by atoms with Crippen molar-refractivity contribution in [3.05, 3.63) is 11.6 Å². The summed E-state index contributed by atoms with van der Waals surface area (Å²) in [6.07, 6.45) is 15.6. The minimum atomic E-state index is 0.0867. The van der Waals surface area contributed by atoms with Crippen LogP contribution in [0.3, 0.4) is 0 Å². The second-order valence-electron chi connectivity index (χ2n) is 8.36. The Morgan fingerprint density at radius 3 is 1.92 bits per heavy atom. The van der Waals surface area contributed by atoms with E-state index in [0.717, 1.165) is 31.0 Å². The van der Waals surface area contributed by atoms with Crippen LogP contribution in [0, 0.1) is 29.6 Å². The van der Waals surface area contributed by atoms with Crippen LogP contribution in [0.15, 0.2) is 11.6 Å². The molecule has 0 bridgehead atoms. The number of allylic oxidation sites excluding steroid dienone is 1. The Bertz CT molecular complexity index is 373. The quantitative estimate of drug-likeness (QED) is 0.590. The van der Waals surface area contributed by atoms with Crippen LogP contribution in [0.25, 0.3) is 0 Å². The third-order valence-electron chi connectivity index (χ3n) is 6.72. The second kappa shape index (κ2) is 9.59. The van der Waals surface area contributed by atoms with Crippen molar-refractivity contribution in [2.24, 2.45) is 29.6 Å². The summed E-state index contributed by atoms with van der Waals surface area (Å²) in [6, 6.07) is 0. The van der Waals surface area contributed by atoms with Crippen molar-refractivity contribution in [3.63, 3.8) is 0 Å². The molecule has 3 rings (SSSR count). The van der Waals surface area contributed by atoms with Crippen molar-refractivity contribution in [2.75, 3.05) is 13.2 Å². The molecule has 0 spiro atoms. The predicted octanol–water partition coefficient (Wildman–Crippen LogP) is 6.14. The van der Waals surface area contributed by atoms with E-state index in [0.29, 0.717) is 11.8 Å². The van der Waals surface area contributed by atoms with Gasteiger partial charge in [-0.3, -0.25) is 0 Å². The average molecular weight is 355 g/mol. The summed E-state index contributed by atoms with van der Waals surface area (Å²) in [7, 11) is 0. The summed E-state index contributed by atoms with van der Waals surface area (Å²) in [4.78, 5) is 0. The third kappa shape index (κ3) is 4.99. The molecule has 0 aromatic heterocycles. The Hall–Kier alpha value is -0.0500. The van der Waals surface area contributed by atoms with Gasteiger partial charge in [-0.15, -0.1) is 0 Å². The Kier molecular flexibility index (Phi) is 7.49. The maximum atomic E-state index is 6.06. The van der Waals surface area contributed by atoms with Crippen molar-refractivity contribution in [1.29, 1.82) is 0 Å². The van der Waals surface area contributed by atoms with Crippen LogP contribution < -0.4 is 0 Å². The third-order valence-corrected chi connectivity index (χ3v) is 6.86. The molecule has 2 saturated carbocycles. The molecule has 0 N–H and O–H groups in total. The predicted molar refractivity (Wildman–Crippen MR) is 100.0 cm³/mol. The highest BCUT2D eigenvalue weighted by Gasteiger charge is 2.35. The first kappa shape index (κ1) is 18.7. The molecule has 3 fully saturated rings. The number of ether oxygens (including phenoxy) is 2. The summed E-state index contributed by atoms with van der Waals surface area (Å²) in [5.41, 5.74) is 1.71. The number of halogens is 1. The van der Waals surface area contributed by atoms with Crippen LogP contribution in [0.1, 0.15) is 71.1 Å². The smallest absolute Gasteiger partial charge is 0.160 e. The largest absolute Gasteiger partial charge is 0.352 e. The van der Waals surface area contributed by atoms with E-state index >= 15 is 0 Å². The fourth-order valence-corrected chi connectivity index (χ4v) is 5.41. The minimum Gasteiger partial charge on any atom is -0.352 e. The van der Waals surface area contributed by atoms with Gasteiger partial charge in [0.1, 0.15) is 0 Å². The molecule has 2 nitrogen and oxygen atoms in total. The first-order chi connectivity index (χ1) is 11.8.